The number of hydrogen-bond donors (Lipinski definition) is 1. The van der Waals surface area contributed by atoms with Gasteiger partial charge in [-0.2, -0.15) is 0 Å². The molecule has 24 heavy (non-hydrogen) atoms. The largest absolute Gasteiger partial charge is 0.376 e. The summed E-state index contributed by atoms with van der Waals surface area (Å²) in [5.74, 6) is 0.339. The number of carbonyl (C=O) groups excluding carboxylic acids is 1. The molecular formula is C18H21N3O2S. The SMILES string of the molecule is Cc1ccccc1-c1ccc(SCC(=O)NCC2CCCO2)nn1. The molecule has 0 aliphatic carbocycles. The summed E-state index contributed by atoms with van der Waals surface area (Å²) in [6, 6.07) is 11.9. The van der Waals surface area contributed by atoms with Crippen LogP contribution in [0.4, 0.5) is 0 Å². The van der Waals surface area contributed by atoms with E-state index in [-0.39, 0.29) is 12.0 Å². The Balaban J connectivity index is 1.49. The fraction of sp³-hybridized carbons (Fsp3) is 0.389. The predicted octanol–water partition coefficient (Wildman–Crippen LogP) is 2.84. The minimum absolute atomic E-state index is 0.000260. The number of aromatic nitrogens is 2. The highest BCUT2D eigenvalue weighted by molar-refractivity contribution is 7.99. The quantitative estimate of drug-likeness (QED) is 0.817. The zero-order valence-corrected chi connectivity index (χ0v) is 14.5. The number of amides is 1. The Morgan fingerprint density at radius 2 is 2.17 bits per heavy atom. The highest BCUT2D eigenvalue weighted by Gasteiger charge is 2.16. The van der Waals surface area contributed by atoms with Crippen molar-refractivity contribution in [3.05, 3.63) is 42.0 Å². The van der Waals surface area contributed by atoms with E-state index in [1.165, 1.54) is 17.3 Å². The van der Waals surface area contributed by atoms with E-state index in [9.17, 15) is 4.79 Å². The van der Waals surface area contributed by atoms with Crippen molar-refractivity contribution in [3.8, 4) is 11.3 Å². The number of thioether (sulfide) groups is 1. The minimum Gasteiger partial charge on any atom is -0.376 e. The molecule has 1 N–H and O–H groups in total. The minimum atomic E-state index is 0.000260. The molecule has 126 valence electrons. The lowest BCUT2D eigenvalue weighted by atomic mass is 10.1. The molecule has 6 heteroatoms. The van der Waals surface area contributed by atoms with Crippen LogP contribution in [0.1, 0.15) is 18.4 Å². The number of nitrogens with zero attached hydrogens (tertiary/aromatic N) is 2. The third-order valence-electron chi connectivity index (χ3n) is 3.96. The molecule has 2 heterocycles. The molecule has 0 bridgehead atoms. The summed E-state index contributed by atoms with van der Waals surface area (Å²) in [4.78, 5) is 11.9. The van der Waals surface area contributed by atoms with Crippen molar-refractivity contribution >= 4 is 17.7 Å². The van der Waals surface area contributed by atoms with Crippen LogP contribution < -0.4 is 5.32 Å². The lowest BCUT2D eigenvalue weighted by molar-refractivity contribution is -0.119. The van der Waals surface area contributed by atoms with Gasteiger partial charge in [0, 0.05) is 18.7 Å². The van der Waals surface area contributed by atoms with Gasteiger partial charge in [0.25, 0.3) is 0 Å². The summed E-state index contributed by atoms with van der Waals surface area (Å²) in [6.45, 7) is 3.45. The lowest BCUT2D eigenvalue weighted by Gasteiger charge is -2.10. The Morgan fingerprint density at radius 1 is 1.29 bits per heavy atom. The van der Waals surface area contributed by atoms with Gasteiger partial charge in [-0.3, -0.25) is 4.79 Å². The second-order valence-corrected chi connectivity index (χ2v) is 6.80. The molecule has 1 amide bonds. The van der Waals surface area contributed by atoms with Crippen LogP contribution in [0.25, 0.3) is 11.3 Å². The summed E-state index contributed by atoms with van der Waals surface area (Å²) in [6.07, 6.45) is 2.28. The average Bonchev–Trinajstić information content (AvgIpc) is 3.13. The van der Waals surface area contributed by atoms with Crippen molar-refractivity contribution in [2.75, 3.05) is 18.9 Å². The second-order valence-electron chi connectivity index (χ2n) is 5.80. The zero-order chi connectivity index (χ0) is 16.8. The Bertz CT molecular complexity index is 685. The molecule has 3 rings (SSSR count). The Hall–Kier alpha value is -1.92. The monoisotopic (exact) mass is 343 g/mol. The molecule has 1 aromatic heterocycles. The van der Waals surface area contributed by atoms with E-state index < -0.39 is 0 Å². The van der Waals surface area contributed by atoms with Gasteiger partial charge in [-0.1, -0.05) is 36.0 Å². The Kier molecular flexibility index (Phi) is 5.82. The van der Waals surface area contributed by atoms with Crippen molar-refractivity contribution in [1.29, 1.82) is 0 Å². The van der Waals surface area contributed by atoms with Crippen LogP contribution in [-0.4, -0.2) is 41.1 Å². The summed E-state index contributed by atoms with van der Waals surface area (Å²) in [5, 5.41) is 12.1. The van der Waals surface area contributed by atoms with E-state index in [0.717, 1.165) is 35.7 Å². The van der Waals surface area contributed by atoms with Gasteiger partial charge in [0.1, 0.15) is 5.03 Å². The number of nitrogens with one attached hydrogen (secondary N) is 1. The van der Waals surface area contributed by atoms with Crippen LogP contribution in [0.3, 0.4) is 0 Å². The van der Waals surface area contributed by atoms with E-state index in [1.54, 1.807) is 0 Å². The molecule has 1 fully saturated rings. The molecule has 0 saturated carbocycles. The summed E-state index contributed by atoms with van der Waals surface area (Å²) < 4.78 is 5.49. The number of benzene rings is 1. The van der Waals surface area contributed by atoms with Crippen LogP contribution >= 0.6 is 11.8 Å². The molecule has 1 saturated heterocycles. The third-order valence-corrected chi connectivity index (χ3v) is 4.88. The molecule has 0 radical (unpaired) electrons. The highest BCUT2D eigenvalue weighted by Crippen LogP contribution is 2.22. The standard InChI is InChI=1S/C18H21N3O2S/c1-13-5-2-3-7-15(13)16-8-9-18(21-20-16)24-12-17(22)19-11-14-6-4-10-23-14/h2-3,5,7-9,14H,4,6,10-12H2,1H3,(H,19,22). The number of ether oxygens (including phenoxy) is 1. The van der Waals surface area contributed by atoms with Crippen molar-refractivity contribution in [2.45, 2.75) is 30.9 Å². The van der Waals surface area contributed by atoms with Crippen LogP contribution in [-0.2, 0) is 9.53 Å². The van der Waals surface area contributed by atoms with Gasteiger partial charge in [-0.05, 0) is 37.5 Å². The molecule has 1 aliphatic rings. The normalized spacial score (nSPS) is 17.0. The van der Waals surface area contributed by atoms with Crippen LogP contribution in [0.5, 0.6) is 0 Å². The zero-order valence-electron chi connectivity index (χ0n) is 13.7. The topological polar surface area (TPSA) is 64.1 Å². The fourth-order valence-electron chi connectivity index (χ4n) is 2.62. The molecule has 5 nitrogen and oxygen atoms in total. The first-order valence-electron chi connectivity index (χ1n) is 8.13. The van der Waals surface area contributed by atoms with Crippen LogP contribution in [0, 0.1) is 6.92 Å². The predicted molar refractivity (Wildman–Crippen MR) is 94.9 cm³/mol. The van der Waals surface area contributed by atoms with E-state index in [1.807, 2.05) is 30.3 Å². The van der Waals surface area contributed by atoms with Gasteiger partial charge in [-0.15, -0.1) is 10.2 Å². The fourth-order valence-corrected chi connectivity index (χ4v) is 3.27. The third kappa shape index (κ3) is 4.55. The van der Waals surface area contributed by atoms with Crippen molar-refractivity contribution in [2.24, 2.45) is 0 Å². The number of rotatable bonds is 6. The molecule has 1 aliphatic heterocycles. The first kappa shape index (κ1) is 16.9. The lowest BCUT2D eigenvalue weighted by Crippen LogP contribution is -2.32. The molecule has 2 aromatic rings. The molecule has 1 unspecified atom stereocenters. The molecular weight excluding hydrogens is 322 g/mol. The second kappa shape index (κ2) is 8.26. The van der Waals surface area contributed by atoms with Gasteiger partial charge in [0.05, 0.1) is 17.6 Å². The van der Waals surface area contributed by atoms with E-state index in [0.29, 0.717) is 12.3 Å². The molecule has 0 spiro atoms. The van der Waals surface area contributed by atoms with Gasteiger partial charge >= 0.3 is 0 Å². The first-order valence-corrected chi connectivity index (χ1v) is 9.12. The Morgan fingerprint density at radius 3 is 2.88 bits per heavy atom. The number of aryl methyl sites for hydroxylation is 1. The van der Waals surface area contributed by atoms with Gasteiger partial charge in [0.2, 0.25) is 5.91 Å². The maximum Gasteiger partial charge on any atom is 0.230 e. The summed E-state index contributed by atoms with van der Waals surface area (Å²) >= 11 is 1.39. The van der Waals surface area contributed by atoms with Gasteiger partial charge < -0.3 is 10.1 Å². The highest BCUT2D eigenvalue weighted by atomic mass is 32.2. The van der Waals surface area contributed by atoms with Crippen molar-refractivity contribution in [3.63, 3.8) is 0 Å². The maximum absolute atomic E-state index is 11.9. The average molecular weight is 343 g/mol. The van der Waals surface area contributed by atoms with Crippen LogP contribution in [0.2, 0.25) is 0 Å². The van der Waals surface area contributed by atoms with Gasteiger partial charge in [-0.25, -0.2) is 0 Å². The van der Waals surface area contributed by atoms with Crippen LogP contribution in [0.15, 0.2) is 41.4 Å². The van der Waals surface area contributed by atoms with Gasteiger partial charge in [0.15, 0.2) is 0 Å². The number of carbonyl (C=O) groups is 1. The van der Waals surface area contributed by atoms with E-state index >= 15 is 0 Å². The smallest absolute Gasteiger partial charge is 0.230 e. The molecule has 1 atom stereocenters. The Labute approximate surface area is 146 Å². The molecule has 1 aromatic carbocycles. The number of hydrogen-bond acceptors (Lipinski definition) is 5. The maximum atomic E-state index is 11.9. The van der Waals surface area contributed by atoms with E-state index in [2.05, 4.69) is 28.5 Å². The van der Waals surface area contributed by atoms with E-state index in [4.69, 9.17) is 4.74 Å². The summed E-state index contributed by atoms with van der Waals surface area (Å²) in [5.41, 5.74) is 3.09. The van der Waals surface area contributed by atoms with Crippen molar-refractivity contribution < 1.29 is 9.53 Å². The first-order chi connectivity index (χ1) is 11.7. The van der Waals surface area contributed by atoms with Crippen molar-refractivity contribution in [1.82, 2.24) is 15.5 Å². The summed E-state index contributed by atoms with van der Waals surface area (Å²) in [7, 11) is 0.